The van der Waals surface area contributed by atoms with Gasteiger partial charge >= 0.3 is 0 Å². The van der Waals surface area contributed by atoms with Crippen molar-refractivity contribution >= 4 is 35.4 Å². The van der Waals surface area contributed by atoms with Crippen LogP contribution in [-0.4, -0.2) is 62.6 Å². The molecule has 4 aromatic rings. The van der Waals surface area contributed by atoms with Crippen LogP contribution < -0.4 is 4.72 Å². The molecule has 9 heteroatoms. The Hall–Kier alpha value is -3.43. The summed E-state index contributed by atoms with van der Waals surface area (Å²) in [4.78, 5) is 28.1. The van der Waals surface area contributed by atoms with Crippen LogP contribution in [0.25, 0.3) is 11.3 Å². The van der Waals surface area contributed by atoms with E-state index in [0.717, 1.165) is 40.2 Å². The van der Waals surface area contributed by atoms with Gasteiger partial charge in [-0.25, -0.2) is 9.97 Å². The number of carbonyl (C=O) groups excluding carboxylic acids is 1. The van der Waals surface area contributed by atoms with E-state index in [1.807, 2.05) is 53.4 Å². The van der Waals surface area contributed by atoms with Crippen LogP contribution in [0.1, 0.15) is 47.3 Å². The Kier molecular flexibility index (Phi) is 10.6. The Bertz CT molecular complexity index is 1560. The summed E-state index contributed by atoms with van der Waals surface area (Å²) in [5.41, 5.74) is 5.80. The molecule has 230 valence electrons. The van der Waals surface area contributed by atoms with Crippen molar-refractivity contribution < 1.29 is 9.90 Å². The minimum atomic E-state index is -0.641. The van der Waals surface area contributed by atoms with Crippen LogP contribution in [0, 0.1) is 19.8 Å². The van der Waals surface area contributed by atoms with E-state index in [1.54, 1.807) is 6.07 Å². The van der Waals surface area contributed by atoms with Gasteiger partial charge in [0.15, 0.2) is 0 Å². The number of benzene rings is 3. The quantitative estimate of drug-likeness (QED) is 0.149. The van der Waals surface area contributed by atoms with Crippen molar-refractivity contribution in [2.24, 2.45) is 5.92 Å². The summed E-state index contributed by atoms with van der Waals surface area (Å²) < 4.78 is 3.22. The lowest BCUT2D eigenvalue weighted by molar-refractivity contribution is 0.0342. The highest BCUT2D eigenvalue weighted by atomic mass is 35.5. The van der Waals surface area contributed by atoms with Crippen molar-refractivity contribution in [1.29, 1.82) is 0 Å². The largest absolute Gasteiger partial charge is 0.390 e. The Balaban J connectivity index is 1.32. The highest BCUT2D eigenvalue weighted by Gasteiger charge is 2.35. The molecule has 7 nitrogen and oxygen atoms in total. The van der Waals surface area contributed by atoms with Gasteiger partial charge in [-0.3, -0.25) is 14.4 Å². The zero-order chi connectivity index (χ0) is 31.2. The van der Waals surface area contributed by atoms with Crippen molar-refractivity contribution in [2.45, 2.75) is 57.7 Å². The molecule has 0 bridgehead atoms. The molecule has 1 aliphatic heterocycles. The van der Waals surface area contributed by atoms with E-state index in [4.69, 9.17) is 16.6 Å². The molecule has 1 fully saturated rings. The monoisotopic (exact) mass is 629 g/mol. The maximum Gasteiger partial charge on any atom is 0.254 e. The number of halogens is 1. The lowest BCUT2D eigenvalue weighted by Crippen LogP contribution is -2.48. The lowest BCUT2D eigenvalue weighted by Gasteiger charge is -2.33. The average Bonchev–Trinajstić information content (AvgIpc) is 3.13. The number of β-amino-alcohol motifs (C(OH)–C–C–N with tert-alkyl or cyclic N) is 1. The van der Waals surface area contributed by atoms with Gasteiger partial charge in [0, 0.05) is 48.3 Å². The second-order valence-corrected chi connectivity index (χ2v) is 13.1. The van der Waals surface area contributed by atoms with Gasteiger partial charge in [0.25, 0.3) is 5.91 Å². The van der Waals surface area contributed by atoms with Crippen molar-refractivity contribution in [3.05, 3.63) is 106 Å². The molecule has 2 atom stereocenters. The number of rotatable bonds is 9. The van der Waals surface area contributed by atoms with Crippen LogP contribution in [-0.2, 0) is 6.54 Å². The molecule has 1 saturated heterocycles. The Labute approximate surface area is 269 Å². The molecule has 3 aromatic carbocycles. The van der Waals surface area contributed by atoms with Gasteiger partial charge in [0.1, 0.15) is 5.15 Å². The van der Waals surface area contributed by atoms with Crippen LogP contribution >= 0.6 is 23.5 Å². The molecule has 0 spiro atoms. The van der Waals surface area contributed by atoms with E-state index in [0.29, 0.717) is 42.2 Å². The van der Waals surface area contributed by atoms with Crippen molar-refractivity contribution in [3.8, 4) is 11.3 Å². The molecule has 44 heavy (non-hydrogen) atoms. The molecule has 2 heterocycles. The summed E-state index contributed by atoms with van der Waals surface area (Å²) >= 11 is 7.72. The molecular formula is C35H40ClN5O2S. The number of hydrogen-bond acceptors (Lipinski definition) is 7. The molecule has 5 rings (SSSR count). The van der Waals surface area contributed by atoms with E-state index in [-0.39, 0.29) is 11.9 Å². The highest BCUT2D eigenvalue weighted by molar-refractivity contribution is 8.00. The Morgan fingerprint density at radius 3 is 2.45 bits per heavy atom. The molecule has 1 amide bonds. The maximum absolute atomic E-state index is 14.0. The summed E-state index contributed by atoms with van der Waals surface area (Å²) in [5, 5.41) is 11.7. The number of carbonyl (C=O) groups is 1. The topological polar surface area (TPSA) is 81.6 Å². The summed E-state index contributed by atoms with van der Waals surface area (Å²) in [6.45, 7) is 10.9. The number of aromatic nitrogens is 2. The fraction of sp³-hybridized carbons (Fsp3) is 0.343. The Morgan fingerprint density at radius 2 is 1.73 bits per heavy atom. The van der Waals surface area contributed by atoms with Gasteiger partial charge in [0.2, 0.25) is 5.95 Å². The number of aliphatic hydroxyl groups excluding tert-OH is 1. The van der Waals surface area contributed by atoms with E-state index < -0.39 is 6.10 Å². The van der Waals surface area contributed by atoms with Crippen molar-refractivity contribution in [2.75, 3.05) is 24.4 Å². The minimum Gasteiger partial charge on any atom is -0.390 e. The number of nitrogens with zero attached hydrogens (tertiary/aromatic N) is 4. The molecule has 0 aliphatic carbocycles. The number of aliphatic hydroxyl groups is 1. The first-order valence-electron chi connectivity index (χ1n) is 15.1. The third-order valence-corrected chi connectivity index (χ3v) is 8.91. The number of nitrogens with one attached hydrogen (secondary N) is 1. The fourth-order valence-corrected chi connectivity index (χ4v) is 6.69. The first kappa shape index (κ1) is 32.0. The molecule has 0 saturated carbocycles. The Morgan fingerprint density at radius 1 is 1.00 bits per heavy atom. The average molecular weight is 630 g/mol. The standard InChI is InChI=1S/C35H40ClN5O2S/c1-23(2)18-30-31(42)22-40(21-26-12-6-5-7-13-26)16-17-41(30)34(43)27-14-9-15-28(19-27)44-39-35-37-29(20-32(36)38-35)33-24(3)10-8-11-25(33)4/h5-15,19-20,23,30-31,42H,16-18,21-22H2,1-4H3,(H,37,38,39)/t30-,31+/m1/s1. The molecular weight excluding hydrogens is 590 g/mol. The van der Waals surface area contributed by atoms with E-state index >= 15 is 0 Å². The number of hydrogen-bond donors (Lipinski definition) is 2. The first-order valence-corrected chi connectivity index (χ1v) is 16.3. The van der Waals surface area contributed by atoms with Gasteiger partial charge in [-0.15, -0.1) is 0 Å². The van der Waals surface area contributed by atoms with Crippen LogP contribution in [0.15, 0.2) is 83.8 Å². The van der Waals surface area contributed by atoms with Crippen LogP contribution in [0.3, 0.4) is 0 Å². The third-order valence-electron chi connectivity index (χ3n) is 7.94. The minimum absolute atomic E-state index is 0.0740. The first-order chi connectivity index (χ1) is 21.2. The predicted octanol–water partition coefficient (Wildman–Crippen LogP) is 7.27. The molecule has 1 aromatic heterocycles. The SMILES string of the molecule is Cc1cccc(C)c1-c1cc(Cl)nc(NSc2cccc(C(=O)N3CCN(Cc4ccccc4)C[C@H](O)[C@H]3CC(C)C)c2)n1. The van der Waals surface area contributed by atoms with E-state index in [1.165, 1.54) is 17.5 Å². The second-order valence-electron chi connectivity index (χ2n) is 11.9. The van der Waals surface area contributed by atoms with Gasteiger partial charge in [-0.1, -0.05) is 80.0 Å². The molecule has 0 radical (unpaired) electrons. The molecule has 0 unspecified atom stereocenters. The summed E-state index contributed by atoms with van der Waals surface area (Å²) in [7, 11) is 0. The van der Waals surface area contributed by atoms with Gasteiger partial charge in [0.05, 0.1) is 17.8 Å². The zero-order valence-electron chi connectivity index (χ0n) is 25.7. The van der Waals surface area contributed by atoms with Crippen LogP contribution in [0.2, 0.25) is 5.15 Å². The van der Waals surface area contributed by atoms with Gasteiger partial charge < -0.3 is 10.0 Å². The summed E-state index contributed by atoms with van der Waals surface area (Å²) in [5.74, 6) is 0.654. The fourth-order valence-electron chi connectivity index (χ4n) is 5.88. The number of aryl methyl sites for hydroxylation is 2. The summed E-state index contributed by atoms with van der Waals surface area (Å²) in [6, 6.07) is 25.5. The molecule has 1 aliphatic rings. The molecule has 2 N–H and O–H groups in total. The highest BCUT2D eigenvalue weighted by Crippen LogP contribution is 2.30. The predicted molar refractivity (Wildman–Crippen MR) is 180 cm³/mol. The van der Waals surface area contributed by atoms with E-state index in [2.05, 4.69) is 66.6 Å². The lowest BCUT2D eigenvalue weighted by atomic mass is 9.97. The van der Waals surface area contributed by atoms with Crippen LogP contribution in [0.4, 0.5) is 5.95 Å². The maximum atomic E-state index is 14.0. The van der Waals surface area contributed by atoms with Crippen molar-refractivity contribution in [1.82, 2.24) is 19.8 Å². The summed E-state index contributed by atoms with van der Waals surface area (Å²) in [6.07, 6.45) is 0.0921. The second kappa shape index (κ2) is 14.6. The normalized spacial score (nSPS) is 17.5. The smallest absolute Gasteiger partial charge is 0.254 e. The zero-order valence-corrected chi connectivity index (χ0v) is 27.3. The van der Waals surface area contributed by atoms with Gasteiger partial charge in [-0.2, -0.15) is 0 Å². The number of amides is 1. The van der Waals surface area contributed by atoms with Gasteiger partial charge in [-0.05, 0) is 73.0 Å². The number of anilines is 1. The van der Waals surface area contributed by atoms with Crippen LogP contribution in [0.5, 0.6) is 0 Å². The van der Waals surface area contributed by atoms with Crippen molar-refractivity contribution in [3.63, 3.8) is 0 Å². The third kappa shape index (κ3) is 7.99. The van der Waals surface area contributed by atoms with E-state index in [9.17, 15) is 9.90 Å².